The van der Waals surface area contributed by atoms with Crippen LogP contribution in [-0.4, -0.2) is 54.9 Å². The van der Waals surface area contributed by atoms with Crippen LogP contribution in [0.25, 0.3) is 11.2 Å². The van der Waals surface area contributed by atoms with E-state index in [2.05, 4.69) is 15.0 Å². The van der Waals surface area contributed by atoms with Gasteiger partial charge in [-0.3, -0.25) is 13.9 Å². The molecule has 0 aromatic carbocycles. The lowest BCUT2D eigenvalue weighted by Gasteiger charge is -2.29. The molecule has 2 aliphatic rings. The maximum absolute atomic E-state index is 12.2. The van der Waals surface area contributed by atoms with Crippen molar-refractivity contribution in [3.05, 3.63) is 12.7 Å². The lowest BCUT2D eigenvalue weighted by molar-refractivity contribution is -0.153. The molecule has 2 aromatic rings. The second-order valence-corrected chi connectivity index (χ2v) is 8.93. The Kier molecular flexibility index (Phi) is 3.78. The third kappa shape index (κ3) is 2.80. The summed E-state index contributed by atoms with van der Waals surface area (Å²) < 4.78 is 25.3. The van der Waals surface area contributed by atoms with E-state index in [9.17, 15) is 14.3 Å². The average Bonchev–Trinajstić information content (AvgIpc) is 3.09. The fraction of sp³-hybridized carbons (Fsp3) is 0.571. The Hall–Kier alpha value is -2.03. The van der Waals surface area contributed by atoms with Crippen molar-refractivity contribution in [2.75, 3.05) is 18.1 Å². The Bertz CT molecular complexity index is 886. The number of imidazole rings is 1. The molecule has 0 aliphatic carbocycles. The number of hydrogen-bond donors (Lipinski definition) is 2. The predicted molar refractivity (Wildman–Crippen MR) is 86.9 cm³/mol. The van der Waals surface area contributed by atoms with Gasteiger partial charge in [-0.05, 0) is 6.42 Å². The third-order valence-electron chi connectivity index (χ3n) is 4.72. The van der Waals surface area contributed by atoms with E-state index in [0.717, 1.165) is 0 Å². The van der Waals surface area contributed by atoms with Gasteiger partial charge in [0.15, 0.2) is 23.8 Å². The second kappa shape index (κ2) is 5.76. The van der Waals surface area contributed by atoms with Gasteiger partial charge >= 0.3 is 5.97 Å². The van der Waals surface area contributed by atoms with Crippen LogP contribution in [0.2, 0.25) is 0 Å². The van der Waals surface area contributed by atoms with Gasteiger partial charge in [-0.2, -0.15) is 0 Å². The molecule has 11 heteroatoms. The Balaban J connectivity index is 1.75. The van der Waals surface area contributed by atoms with Gasteiger partial charge in [0.2, 0.25) is 7.37 Å². The molecule has 25 heavy (non-hydrogen) atoms. The standard InChI is InChI=1S/C14H18N5O5P/c1-7(20)23-11-8-4-25(21,22)3-2-9(8)24-14(11)19-6-18-10-12(15)16-5-17-13(10)19/h5-6,8-9,11,14H,2-4H2,1H3,(H,21,22)(H2,15,16,17)/t8-,9-,11-,14-/m1/s1. The first-order chi connectivity index (χ1) is 11.9. The number of carbonyl (C=O) groups is 1. The highest BCUT2D eigenvalue weighted by Gasteiger charge is 2.52. The zero-order valence-corrected chi connectivity index (χ0v) is 14.4. The van der Waals surface area contributed by atoms with Crippen molar-refractivity contribution in [2.24, 2.45) is 5.92 Å². The normalized spacial score (nSPS) is 34.8. The van der Waals surface area contributed by atoms with Gasteiger partial charge in [0.25, 0.3) is 0 Å². The van der Waals surface area contributed by atoms with Crippen molar-refractivity contribution < 1.29 is 23.7 Å². The lowest BCUT2D eigenvalue weighted by Crippen LogP contribution is -2.36. The topological polar surface area (TPSA) is 142 Å². The predicted octanol–water partition coefficient (Wildman–Crippen LogP) is 0.528. The van der Waals surface area contributed by atoms with Gasteiger partial charge in [0.1, 0.15) is 11.8 Å². The number of ether oxygens (including phenoxy) is 2. The smallest absolute Gasteiger partial charge is 0.303 e. The summed E-state index contributed by atoms with van der Waals surface area (Å²) >= 11 is 0. The van der Waals surface area contributed by atoms with Gasteiger partial charge < -0.3 is 20.1 Å². The van der Waals surface area contributed by atoms with Gasteiger partial charge in [0.05, 0.1) is 12.4 Å². The molecule has 0 saturated carbocycles. The molecule has 2 saturated heterocycles. The molecule has 10 nitrogen and oxygen atoms in total. The van der Waals surface area contributed by atoms with E-state index >= 15 is 0 Å². The van der Waals surface area contributed by atoms with E-state index < -0.39 is 25.7 Å². The van der Waals surface area contributed by atoms with E-state index in [0.29, 0.717) is 17.6 Å². The highest BCUT2D eigenvalue weighted by Crippen LogP contribution is 2.54. The zero-order valence-electron chi connectivity index (χ0n) is 13.5. The van der Waals surface area contributed by atoms with E-state index in [1.165, 1.54) is 19.6 Å². The number of carbonyl (C=O) groups excluding carboxylic acids is 1. The number of nitrogen functional groups attached to an aromatic ring is 1. The van der Waals surface area contributed by atoms with Crippen LogP contribution in [0.4, 0.5) is 5.82 Å². The minimum Gasteiger partial charge on any atom is -0.457 e. The molecule has 1 unspecified atom stereocenters. The molecule has 4 rings (SSSR count). The molecule has 0 bridgehead atoms. The molecule has 2 aliphatic heterocycles. The minimum absolute atomic E-state index is 0.0653. The first kappa shape index (κ1) is 16.4. The number of aromatic nitrogens is 4. The quantitative estimate of drug-likeness (QED) is 0.574. The van der Waals surface area contributed by atoms with Crippen LogP contribution >= 0.6 is 7.37 Å². The lowest BCUT2D eigenvalue weighted by atomic mass is 9.97. The number of nitrogens with zero attached hydrogens (tertiary/aromatic N) is 4. The molecular weight excluding hydrogens is 349 g/mol. The maximum atomic E-state index is 12.2. The van der Waals surface area contributed by atoms with Crippen molar-refractivity contribution in [1.82, 2.24) is 19.5 Å². The number of nitrogens with two attached hydrogens (primary N) is 1. The van der Waals surface area contributed by atoms with Crippen LogP contribution in [0.1, 0.15) is 19.6 Å². The largest absolute Gasteiger partial charge is 0.457 e. The SMILES string of the molecule is CC(=O)O[C@@H]1[C@@H]2CP(=O)(O)CC[C@H]2O[C@H]1n1cnc2c(N)ncnc21. The minimum atomic E-state index is -3.24. The molecule has 4 heterocycles. The first-order valence-electron chi connectivity index (χ1n) is 7.92. The van der Waals surface area contributed by atoms with Crippen molar-refractivity contribution in [3.8, 4) is 0 Å². The molecule has 3 N–H and O–H groups in total. The van der Waals surface area contributed by atoms with Crippen molar-refractivity contribution in [2.45, 2.75) is 31.8 Å². The van der Waals surface area contributed by atoms with Gasteiger partial charge in [-0.15, -0.1) is 0 Å². The van der Waals surface area contributed by atoms with Crippen LogP contribution in [-0.2, 0) is 18.8 Å². The molecule has 134 valence electrons. The second-order valence-electron chi connectivity index (χ2n) is 6.43. The summed E-state index contributed by atoms with van der Waals surface area (Å²) in [7, 11) is -3.24. The van der Waals surface area contributed by atoms with Crippen LogP contribution in [0.3, 0.4) is 0 Å². The summed E-state index contributed by atoms with van der Waals surface area (Å²) in [4.78, 5) is 33.9. The zero-order chi connectivity index (χ0) is 17.8. The summed E-state index contributed by atoms with van der Waals surface area (Å²) in [5.41, 5.74) is 6.70. The molecule has 0 radical (unpaired) electrons. The van der Waals surface area contributed by atoms with E-state index in [1.807, 2.05) is 0 Å². The molecule has 2 aromatic heterocycles. The molecule has 0 spiro atoms. The van der Waals surface area contributed by atoms with Gasteiger partial charge in [-0.25, -0.2) is 15.0 Å². The van der Waals surface area contributed by atoms with Crippen LogP contribution < -0.4 is 5.73 Å². The van der Waals surface area contributed by atoms with E-state index in [4.69, 9.17) is 15.2 Å². The van der Waals surface area contributed by atoms with Gasteiger partial charge in [-0.1, -0.05) is 0 Å². The number of fused-ring (bicyclic) bond motifs is 2. The van der Waals surface area contributed by atoms with Gasteiger partial charge in [0, 0.05) is 25.2 Å². The Morgan fingerprint density at radius 2 is 2.28 bits per heavy atom. The molecule has 5 atom stereocenters. The number of esters is 1. The Morgan fingerprint density at radius 1 is 1.48 bits per heavy atom. The number of rotatable bonds is 2. The fourth-order valence-electron chi connectivity index (χ4n) is 3.65. The van der Waals surface area contributed by atoms with E-state index in [-0.39, 0.29) is 30.2 Å². The van der Waals surface area contributed by atoms with E-state index in [1.54, 1.807) is 4.57 Å². The molecular formula is C14H18N5O5P. The highest BCUT2D eigenvalue weighted by molar-refractivity contribution is 7.58. The Labute approximate surface area is 142 Å². The summed E-state index contributed by atoms with van der Waals surface area (Å²) in [5.74, 6) is -0.589. The van der Waals surface area contributed by atoms with Crippen molar-refractivity contribution in [3.63, 3.8) is 0 Å². The third-order valence-corrected chi connectivity index (χ3v) is 6.67. The monoisotopic (exact) mass is 367 g/mol. The maximum Gasteiger partial charge on any atom is 0.303 e. The average molecular weight is 367 g/mol. The first-order valence-corrected chi connectivity index (χ1v) is 9.95. The van der Waals surface area contributed by atoms with Crippen LogP contribution in [0.5, 0.6) is 0 Å². The molecule has 0 amide bonds. The van der Waals surface area contributed by atoms with Crippen molar-refractivity contribution in [1.29, 1.82) is 0 Å². The summed E-state index contributed by atoms with van der Waals surface area (Å²) in [6.07, 6.45) is 1.89. The summed E-state index contributed by atoms with van der Waals surface area (Å²) in [5, 5.41) is 0. The molecule has 2 fully saturated rings. The van der Waals surface area contributed by atoms with Crippen LogP contribution in [0.15, 0.2) is 12.7 Å². The Morgan fingerprint density at radius 3 is 3.04 bits per heavy atom. The summed E-state index contributed by atoms with van der Waals surface area (Å²) in [6.45, 7) is 1.30. The van der Waals surface area contributed by atoms with Crippen molar-refractivity contribution >= 4 is 30.3 Å². The summed E-state index contributed by atoms with van der Waals surface area (Å²) in [6, 6.07) is 0. The number of anilines is 1. The number of hydrogen-bond acceptors (Lipinski definition) is 8. The highest BCUT2D eigenvalue weighted by atomic mass is 31.2. The fourth-order valence-corrected chi connectivity index (χ4v) is 5.59. The van der Waals surface area contributed by atoms with Crippen LogP contribution in [0, 0.1) is 5.92 Å².